The molecule has 1 saturated heterocycles. The molecule has 2 aliphatic heterocycles. The lowest BCUT2D eigenvalue weighted by atomic mass is 10.4. The van der Waals surface area contributed by atoms with Gasteiger partial charge in [-0.05, 0) is 0 Å². The van der Waals surface area contributed by atoms with Gasteiger partial charge in [0.2, 0.25) is 10.0 Å². The van der Waals surface area contributed by atoms with Gasteiger partial charge in [-0.15, -0.1) is 12.4 Å². The van der Waals surface area contributed by atoms with Gasteiger partial charge in [0.15, 0.2) is 0 Å². The number of halogens is 1. The number of morpholine rings is 1. The van der Waals surface area contributed by atoms with Crippen molar-refractivity contribution in [1.29, 1.82) is 0 Å². The molecular formula is C14H24ClN5O4S. The molecule has 0 atom stereocenters. The molecule has 11 heteroatoms. The molecule has 1 aromatic rings. The number of imidazole rings is 1. The summed E-state index contributed by atoms with van der Waals surface area (Å²) in [5.74, 6) is 0.433. The van der Waals surface area contributed by atoms with E-state index in [1.807, 2.05) is 4.57 Å². The minimum atomic E-state index is -3.36. The number of amides is 1. The molecule has 3 heterocycles. The number of aromatic nitrogens is 2. The number of nitrogens with zero attached hydrogens (tertiary/aromatic N) is 3. The highest BCUT2D eigenvalue weighted by atomic mass is 35.5. The number of ether oxygens (including phenoxy) is 1. The molecule has 9 nitrogen and oxygen atoms in total. The van der Waals surface area contributed by atoms with E-state index in [9.17, 15) is 13.2 Å². The topological polar surface area (TPSA) is 106 Å². The Balaban J connectivity index is 0.00000225. The zero-order valence-corrected chi connectivity index (χ0v) is 15.6. The van der Waals surface area contributed by atoms with E-state index in [1.165, 1.54) is 4.31 Å². The predicted molar refractivity (Wildman–Crippen MR) is 94.6 cm³/mol. The second kappa shape index (κ2) is 8.95. The van der Waals surface area contributed by atoms with Crippen LogP contribution in [0, 0.1) is 0 Å². The molecule has 3 rings (SSSR count). The van der Waals surface area contributed by atoms with Gasteiger partial charge in [0.25, 0.3) is 5.91 Å². The average Bonchev–Trinajstić information content (AvgIpc) is 2.86. The molecule has 2 N–H and O–H groups in total. The summed E-state index contributed by atoms with van der Waals surface area (Å²) < 4.78 is 32.9. The Kier molecular flexibility index (Phi) is 7.20. The molecule has 1 aromatic heterocycles. The van der Waals surface area contributed by atoms with Crippen molar-refractivity contribution in [3.05, 3.63) is 17.7 Å². The first kappa shape index (κ1) is 20.1. The van der Waals surface area contributed by atoms with E-state index in [0.29, 0.717) is 32.0 Å². The van der Waals surface area contributed by atoms with E-state index in [0.717, 1.165) is 31.9 Å². The van der Waals surface area contributed by atoms with E-state index in [2.05, 4.69) is 15.6 Å². The van der Waals surface area contributed by atoms with Crippen LogP contribution in [-0.2, 0) is 27.7 Å². The summed E-state index contributed by atoms with van der Waals surface area (Å²) >= 11 is 0. The quantitative estimate of drug-likeness (QED) is 0.654. The van der Waals surface area contributed by atoms with Crippen LogP contribution >= 0.6 is 12.4 Å². The molecule has 0 aliphatic carbocycles. The van der Waals surface area contributed by atoms with Crippen LogP contribution < -0.4 is 10.6 Å². The molecule has 0 spiro atoms. The Morgan fingerprint density at radius 3 is 2.80 bits per heavy atom. The largest absolute Gasteiger partial charge is 0.379 e. The van der Waals surface area contributed by atoms with E-state index in [1.54, 1.807) is 6.20 Å². The molecule has 25 heavy (non-hydrogen) atoms. The van der Waals surface area contributed by atoms with Crippen LogP contribution in [0.15, 0.2) is 6.20 Å². The second-order valence-electron chi connectivity index (χ2n) is 5.82. The zero-order valence-electron chi connectivity index (χ0n) is 13.9. The third-order valence-electron chi connectivity index (χ3n) is 4.16. The van der Waals surface area contributed by atoms with Gasteiger partial charge >= 0.3 is 0 Å². The van der Waals surface area contributed by atoms with Gasteiger partial charge in [0.1, 0.15) is 11.5 Å². The lowest BCUT2D eigenvalue weighted by Gasteiger charge is -2.25. The Hall–Kier alpha value is -1.20. The van der Waals surface area contributed by atoms with Crippen LogP contribution in [0.2, 0.25) is 0 Å². The first-order chi connectivity index (χ1) is 11.6. The number of carbonyl (C=O) groups excluding carboxylic acids is 1. The number of hydrogen-bond donors (Lipinski definition) is 2. The fourth-order valence-electron chi connectivity index (χ4n) is 2.82. The van der Waals surface area contributed by atoms with Crippen LogP contribution in [-0.4, -0.2) is 79.9 Å². The standard InChI is InChI=1S/C14H23N5O4S.ClH/c20-14(12-11-18-5-3-15-2-1-13(18)17-12)16-4-10-24(21,22)19-6-8-23-9-7-19;/h11,15H,1-10H2,(H,16,20);1H. The highest BCUT2D eigenvalue weighted by molar-refractivity contribution is 7.89. The lowest BCUT2D eigenvalue weighted by Crippen LogP contribution is -2.43. The van der Waals surface area contributed by atoms with Crippen molar-refractivity contribution in [2.45, 2.75) is 13.0 Å². The molecule has 1 fully saturated rings. The molecule has 0 radical (unpaired) electrons. The number of rotatable bonds is 5. The Labute approximate surface area is 153 Å². The van der Waals surface area contributed by atoms with Crippen LogP contribution in [0.4, 0.5) is 0 Å². The molecular weight excluding hydrogens is 370 g/mol. The molecule has 0 unspecified atom stereocenters. The zero-order chi connectivity index (χ0) is 17.0. The number of carbonyl (C=O) groups is 1. The van der Waals surface area contributed by atoms with E-state index in [-0.39, 0.29) is 30.6 Å². The second-order valence-corrected chi connectivity index (χ2v) is 7.91. The minimum Gasteiger partial charge on any atom is -0.379 e. The maximum absolute atomic E-state index is 12.2. The van der Waals surface area contributed by atoms with Gasteiger partial charge in [0.05, 0.1) is 19.0 Å². The molecule has 1 amide bonds. The first-order valence-electron chi connectivity index (χ1n) is 8.17. The van der Waals surface area contributed by atoms with Crippen molar-refractivity contribution in [3.63, 3.8) is 0 Å². The van der Waals surface area contributed by atoms with Crippen molar-refractivity contribution in [2.75, 3.05) is 51.7 Å². The third-order valence-corrected chi connectivity index (χ3v) is 6.03. The smallest absolute Gasteiger partial charge is 0.271 e. The average molecular weight is 394 g/mol. The molecule has 2 aliphatic rings. The Morgan fingerprint density at radius 2 is 2.04 bits per heavy atom. The van der Waals surface area contributed by atoms with E-state index >= 15 is 0 Å². The summed E-state index contributed by atoms with van der Waals surface area (Å²) in [6.07, 6.45) is 2.51. The monoisotopic (exact) mass is 393 g/mol. The summed E-state index contributed by atoms with van der Waals surface area (Å²) in [5.41, 5.74) is 0.343. The van der Waals surface area contributed by atoms with Crippen LogP contribution in [0.1, 0.15) is 16.3 Å². The number of sulfonamides is 1. The molecule has 142 valence electrons. The van der Waals surface area contributed by atoms with Crippen molar-refractivity contribution >= 4 is 28.3 Å². The molecule has 0 aromatic carbocycles. The van der Waals surface area contributed by atoms with Gasteiger partial charge in [-0.1, -0.05) is 0 Å². The lowest BCUT2D eigenvalue weighted by molar-refractivity contribution is 0.0730. The van der Waals surface area contributed by atoms with Crippen LogP contribution in [0.3, 0.4) is 0 Å². The molecule has 0 bridgehead atoms. The fourth-order valence-corrected chi connectivity index (χ4v) is 4.14. The Bertz CT molecular complexity index is 664. The highest BCUT2D eigenvalue weighted by Gasteiger charge is 2.24. The SMILES string of the molecule is Cl.O=C(NCCS(=O)(=O)N1CCOCC1)c1cn2c(n1)CCNCC2. The highest BCUT2D eigenvalue weighted by Crippen LogP contribution is 2.07. The van der Waals surface area contributed by atoms with Crippen LogP contribution in [0.5, 0.6) is 0 Å². The summed E-state index contributed by atoms with van der Waals surface area (Å²) in [4.78, 5) is 16.5. The summed E-state index contributed by atoms with van der Waals surface area (Å²) in [5, 5.41) is 5.92. The third kappa shape index (κ3) is 5.14. The number of nitrogens with one attached hydrogen (secondary N) is 2. The Morgan fingerprint density at radius 1 is 1.28 bits per heavy atom. The van der Waals surface area contributed by atoms with Gasteiger partial charge in [-0.2, -0.15) is 4.31 Å². The van der Waals surface area contributed by atoms with Crippen molar-refractivity contribution in [3.8, 4) is 0 Å². The van der Waals surface area contributed by atoms with Gasteiger partial charge in [-0.25, -0.2) is 13.4 Å². The van der Waals surface area contributed by atoms with E-state index in [4.69, 9.17) is 4.74 Å². The maximum atomic E-state index is 12.2. The van der Waals surface area contributed by atoms with Gasteiger partial charge in [-0.3, -0.25) is 4.79 Å². The maximum Gasteiger partial charge on any atom is 0.271 e. The number of fused-ring (bicyclic) bond motifs is 1. The fraction of sp³-hybridized carbons (Fsp3) is 0.714. The summed E-state index contributed by atoms with van der Waals surface area (Å²) in [7, 11) is -3.36. The normalized spacial score (nSPS) is 18.7. The van der Waals surface area contributed by atoms with E-state index < -0.39 is 10.0 Å². The number of hydrogen-bond acceptors (Lipinski definition) is 6. The minimum absolute atomic E-state index is 0. The first-order valence-corrected chi connectivity index (χ1v) is 9.78. The van der Waals surface area contributed by atoms with Gasteiger partial charge < -0.3 is 19.9 Å². The summed E-state index contributed by atoms with van der Waals surface area (Å²) in [6.45, 7) is 4.12. The van der Waals surface area contributed by atoms with Crippen molar-refractivity contribution in [2.24, 2.45) is 0 Å². The summed E-state index contributed by atoms with van der Waals surface area (Å²) in [6, 6.07) is 0. The van der Waals surface area contributed by atoms with Gasteiger partial charge in [0, 0.05) is 51.9 Å². The van der Waals surface area contributed by atoms with Crippen LogP contribution in [0.25, 0.3) is 0 Å². The van der Waals surface area contributed by atoms with Crippen molar-refractivity contribution in [1.82, 2.24) is 24.5 Å². The molecule has 0 saturated carbocycles. The van der Waals surface area contributed by atoms with Crippen molar-refractivity contribution < 1.29 is 17.9 Å². The predicted octanol–water partition coefficient (Wildman–Crippen LogP) is -1.16.